The molecule has 1 aliphatic heterocycles. The summed E-state index contributed by atoms with van der Waals surface area (Å²) in [6.45, 7) is 5.79. The Morgan fingerprint density at radius 1 is 1.32 bits per heavy atom. The quantitative estimate of drug-likeness (QED) is 0.817. The Hall–Kier alpha value is -1.14. The molecule has 0 aromatic carbocycles. The molecule has 0 bridgehead atoms. The van der Waals surface area contributed by atoms with E-state index in [2.05, 4.69) is 27.8 Å². The average molecular weight is 266 g/mol. The molecule has 1 saturated heterocycles. The molecule has 19 heavy (non-hydrogen) atoms. The first-order valence-corrected chi connectivity index (χ1v) is 7.23. The number of ether oxygens (including phenoxy) is 1. The summed E-state index contributed by atoms with van der Waals surface area (Å²) in [5.41, 5.74) is 0. The minimum absolute atomic E-state index is 0.0899. The first-order valence-electron chi connectivity index (χ1n) is 7.23. The lowest BCUT2D eigenvalue weighted by atomic mass is 10.1. The first-order chi connectivity index (χ1) is 9.28. The molecule has 6 nitrogen and oxygen atoms in total. The lowest BCUT2D eigenvalue weighted by Gasteiger charge is -2.17. The molecule has 1 aromatic heterocycles. The molecule has 106 valence electrons. The zero-order chi connectivity index (χ0) is 13.2. The largest absolute Gasteiger partial charge is 0.406 e. The molecule has 1 saturated carbocycles. The van der Waals surface area contributed by atoms with Gasteiger partial charge in [-0.2, -0.15) is 0 Å². The topological polar surface area (TPSA) is 72.2 Å². The Labute approximate surface area is 113 Å². The van der Waals surface area contributed by atoms with E-state index in [-0.39, 0.29) is 6.04 Å². The van der Waals surface area contributed by atoms with Gasteiger partial charge in [-0.15, -0.1) is 5.10 Å². The van der Waals surface area contributed by atoms with E-state index >= 15 is 0 Å². The summed E-state index contributed by atoms with van der Waals surface area (Å²) in [6.07, 6.45) is 3.91. The summed E-state index contributed by atoms with van der Waals surface area (Å²) in [5.74, 6) is 1.36. The van der Waals surface area contributed by atoms with Crippen molar-refractivity contribution in [1.82, 2.24) is 15.5 Å². The summed E-state index contributed by atoms with van der Waals surface area (Å²) in [7, 11) is 0. The summed E-state index contributed by atoms with van der Waals surface area (Å²) in [4.78, 5) is 0. The van der Waals surface area contributed by atoms with E-state index in [1.807, 2.05) is 6.92 Å². The second-order valence-electron chi connectivity index (χ2n) is 5.44. The molecule has 2 heterocycles. The van der Waals surface area contributed by atoms with Crippen LogP contribution in [0, 0.1) is 5.92 Å². The molecule has 2 aliphatic rings. The number of rotatable bonds is 6. The van der Waals surface area contributed by atoms with Gasteiger partial charge in [-0.25, -0.2) is 0 Å². The van der Waals surface area contributed by atoms with Crippen molar-refractivity contribution in [2.24, 2.45) is 5.92 Å². The fraction of sp³-hybridized carbons (Fsp3) is 0.846. The highest BCUT2D eigenvalue weighted by atomic mass is 16.5. The molecule has 2 fully saturated rings. The highest BCUT2D eigenvalue weighted by Crippen LogP contribution is 2.39. The van der Waals surface area contributed by atoms with Gasteiger partial charge in [0, 0.05) is 6.61 Å². The third kappa shape index (κ3) is 2.90. The van der Waals surface area contributed by atoms with Crippen LogP contribution < -0.4 is 10.6 Å². The SMILES string of the molecule is CCNC(C)c1nnc(NC2CCOC2C2CC2)o1. The molecule has 0 amide bonds. The highest BCUT2D eigenvalue weighted by Gasteiger charge is 2.41. The molecule has 0 spiro atoms. The Kier molecular flexibility index (Phi) is 3.70. The third-order valence-corrected chi connectivity index (χ3v) is 3.85. The zero-order valence-corrected chi connectivity index (χ0v) is 11.6. The fourth-order valence-electron chi connectivity index (χ4n) is 2.68. The molecule has 0 radical (unpaired) electrons. The number of anilines is 1. The van der Waals surface area contributed by atoms with Gasteiger partial charge < -0.3 is 19.8 Å². The van der Waals surface area contributed by atoms with E-state index in [1.54, 1.807) is 0 Å². The summed E-state index contributed by atoms with van der Waals surface area (Å²) in [5, 5.41) is 14.7. The van der Waals surface area contributed by atoms with Crippen LogP contribution in [0.3, 0.4) is 0 Å². The molecule has 3 atom stereocenters. The molecule has 3 rings (SSSR count). The van der Waals surface area contributed by atoms with Crippen LogP contribution in [0.25, 0.3) is 0 Å². The number of nitrogens with zero attached hydrogens (tertiary/aromatic N) is 2. The normalized spacial score (nSPS) is 28.5. The minimum atomic E-state index is 0.0899. The van der Waals surface area contributed by atoms with Gasteiger partial charge in [-0.3, -0.25) is 0 Å². The van der Waals surface area contributed by atoms with Crippen molar-refractivity contribution in [1.29, 1.82) is 0 Å². The van der Waals surface area contributed by atoms with Crippen LogP contribution in [0.5, 0.6) is 0 Å². The lowest BCUT2D eigenvalue weighted by Crippen LogP contribution is -2.31. The van der Waals surface area contributed by atoms with E-state index in [0.29, 0.717) is 24.1 Å². The Bertz CT molecular complexity index is 419. The highest BCUT2D eigenvalue weighted by molar-refractivity contribution is 5.22. The van der Waals surface area contributed by atoms with Gasteiger partial charge >= 0.3 is 6.01 Å². The monoisotopic (exact) mass is 266 g/mol. The zero-order valence-electron chi connectivity index (χ0n) is 11.6. The third-order valence-electron chi connectivity index (χ3n) is 3.85. The van der Waals surface area contributed by atoms with Crippen LogP contribution in [-0.2, 0) is 4.74 Å². The first kappa shape index (κ1) is 12.9. The second-order valence-corrected chi connectivity index (χ2v) is 5.44. The Balaban J connectivity index is 1.60. The van der Waals surface area contributed by atoms with Crippen molar-refractivity contribution in [2.45, 2.75) is 51.3 Å². The van der Waals surface area contributed by atoms with Crippen LogP contribution in [0.4, 0.5) is 6.01 Å². The maximum Gasteiger partial charge on any atom is 0.315 e. The van der Waals surface area contributed by atoms with Gasteiger partial charge in [0.2, 0.25) is 5.89 Å². The number of aromatic nitrogens is 2. The van der Waals surface area contributed by atoms with Crippen molar-refractivity contribution in [2.75, 3.05) is 18.5 Å². The standard InChI is InChI=1S/C13H22N4O2/c1-3-14-8(2)12-16-17-13(19-12)15-10-6-7-18-11(10)9-4-5-9/h8-11,14H,3-7H2,1-2H3,(H,15,17). The van der Waals surface area contributed by atoms with Gasteiger partial charge in [-0.05, 0) is 38.6 Å². The summed E-state index contributed by atoms with van der Waals surface area (Å²) < 4.78 is 11.4. The van der Waals surface area contributed by atoms with E-state index < -0.39 is 0 Å². The Morgan fingerprint density at radius 2 is 2.16 bits per heavy atom. The van der Waals surface area contributed by atoms with Gasteiger partial charge in [0.25, 0.3) is 0 Å². The average Bonchev–Trinajstić information content (AvgIpc) is 2.96. The smallest absolute Gasteiger partial charge is 0.315 e. The van der Waals surface area contributed by atoms with Crippen molar-refractivity contribution in [3.63, 3.8) is 0 Å². The minimum Gasteiger partial charge on any atom is -0.406 e. The van der Waals surface area contributed by atoms with Crippen molar-refractivity contribution in [3.8, 4) is 0 Å². The van der Waals surface area contributed by atoms with Crippen LogP contribution in [0.2, 0.25) is 0 Å². The molecule has 6 heteroatoms. The number of hydrogen-bond acceptors (Lipinski definition) is 6. The maximum absolute atomic E-state index is 5.79. The second kappa shape index (κ2) is 5.46. The molecule has 3 unspecified atom stereocenters. The summed E-state index contributed by atoms with van der Waals surface area (Å²) in [6, 6.07) is 0.920. The van der Waals surface area contributed by atoms with E-state index in [4.69, 9.17) is 9.15 Å². The van der Waals surface area contributed by atoms with Crippen molar-refractivity contribution < 1.29 is 9.15 Å². The number of hydrogen-bond donors (Lipinski definition) is 2. The van der Waals surface area contributed by atoms with E-state index in [1.165, 1.54) is 12.8 Å². The van der Waals surface area contributed by atoms with Gasteiger partial charge in [0.1, 0.15) is 0 Å². The van der Waals surface area contributed by atoms with Crippen LogP contribution in [-0.4, -0.2) is 35.5 Å². The molecular weight excluding hydrogens is 244 g/mol. The maximum atomic E-state index is 5.79. The van der Waals surface area contributed by atoms with Crippen LogP contribution >= 0.6 is 0 Å². The predicted octanol–water partition coefficient (Wildman–Crippen LogP) is 1.72. The predicted molar refractivity (Wildman–Crippen MR) is 70.9 cm³/mol. The van der Waals surface area contributed by atoms with Crippen molar-refractivity contribution >= 4 is 6.01 Å². The molecular formula is C13H22N4O2. The van der Waals surface area contributed by atoms with Gasteiger partial charge in [0.05, 0.1) is 18.2 Å². The van der Waals surface area contributed by atoms with Crippen LogP contribution in [0.15, 0.2) is 4.42 Å². The summed E-state index contributed by atoms with van der Waals surface area (Å²) >= 11 is 0. The van der Waals surface area contributed by atoms with Gasteiger partial charge in [-0.1, -0.05) is 12.0 Å². The Morgan fingerprint density at radius 3 is 2.89 bits per heavy atom. The van der Waals surface area contributed by atoms with E-state index in [9.17, 15) is 0 Å². The lowest BCUT2D eigenvalue weighted by molar-refractivity contribution is 0.0895. The van der Waals surface area contributed by atoms with E-state index in [0.717, 1.165) is 25.5 Å². The molecule has 1 aromatic rings. The molecule has 2 N–H and O–H groups in total. The van der Waals surface area contributed by atoms with Crippen LogP contribution in [0.1, 0.15) is 45.0 Å². The molecule has 1 aliphatic carbocycles. The number of nitrogens with one attached hydrogen (secondary N) is 2. The van der Waals surface area contributed by atoms with Gasteiger partial charge in [0.15, 0.2) is 0 Å². The van der Waals surface area contributed by atoms with Crippen molar-refractivity contribution in [3.05, 3.63) is 5.89 Å². The fourth-order valence-corrected chi connectivity index (χ4v) is 2.68.